The average molecular weight is 198 g/mol. The fraction of sp³-hybridized carbons (Fsp3) is 0.833. The van der Waals surface area contributed by atoms with Gasteiger partial charge in [0.25, 0.3) is 0 Å². The Morgan fingerprint density at radius 3 is 2.50 bits per heavy atom. The molecule has 1 unspecified atom stereocenters. The second-order valence-corrected chi connectivity index (χ2v) is 4.41. The summed E-state index contributed by atoms with van der Waals surface area (Å²) in [6.07, 6.45) is 3.54. The summed E-state index contributed by atoms with van der Waals surface area (Å²) in [6.45, 7) is 10.5. The SMILES string of the molecule is C=C(C)CCC(CN(C)C)NCCC. The van der Waals surface area contributed by atoms with Gasteiger partial charge in [0.15, 0.2) is 0 Å². The van der Waals surface area contributed by atoms with Crippen LogP contribution in [-0.2, 0) is 0 Å². The minimum atomic E-state index is 0.613. The molecule has 0 saturated carbocycles. The van der Waals surface area contributed by atoms with Crippen molar-refractivity contribution in [2.24, 2.45) is 0 Å². The molecule has 1 N–H and O–H groups in total. The van der Waals surface area contributed by atoms with Crippen molar-refractivity contribution >= 4 is 0 Å². The van der Waals surface area contributed by atoms with Gasteiger partial charge in [-0.3, -0.25) is 0 Å². The van der Waals surface area contributed by atoms with Crippen molar-refractivity contribution in [2.45, 2.75) is 39.2 Å². The minimum absolute atomic E-state index is 0.613. The first-order valence-electron chi connectivity index (χ1n) is 5.58. The van der Waals surface area contributed by atoms with Crippen molar-refractivity contribution in [2.75, 3.05) is 27.2 Å². The van der Waals surface area contributed by atoms with Gasteiger partial charge >= 0.3 is 0 Å². The van der Waals surface area contributed by atoms with Crippen LogP contribution in [0, 0.1) is 0 Å². The minimum Gasteiger partial charge on any atom is -0.313 e. The van der Waals surface area contributed by atoms with Gasteiger partial charge in [0.05, 0.1) is 0 Å². The van der Waals surface area contributed by atoms with E-state index in [0.29, 0.717) is 6.04 Å². The molecule has 0 radical (unpaired) electrons. The topological polar surface area (TPSA) is 15.3 Å². The number of hydrogen-bond donors (Lipinski definition) is 1. The van der Waals surface area contributed by atoms with Gasteiger partial charge in [-0.2, -0.15) is 0 Å². The van der Waals surface area contributed by atoms with Crippen molar-refractivity contribution in [3.63, 3.8) is 0 Å². The maximum Gasteiger partial charge on any atom is 0.0197 e. The summed E-state index contributed by atoms with van der Waals surface area (Å²) >= 11 is 0. The van der Waals surface area contributed by atoms with Gasteiger partial charge < -0.3 is 10.2 Å². The van der Waals surface area contributed by atoms with Gasteiger partial charge in [0.2, 0.25) is 0 Å². The van der Waals surface area contributed by atoms with E-state index in [1.165, 1.54) is 18.4 Å². The van der Waals surface area contributed by atoms with Crippen LogP contribution in [-0.4, -0.2) is 38.1 Å². The lowest BCUT2D eigenvalue weighted by molar-refractivity contribution is 0.326. The average Bonchev–Trinajstić information content (AvgIpc) is 2.09. The van der Waals surface area contributed by atoms with E-state index in [9.17, 15) is 0 Å². The lowest BCUT2D eigenvalue weighted by atomic mass is 10.1. The monoisotopic (exact) mass is 198 g/mol. The lowest BCUT2D eigenvalue weighted by Crippen LogP contribution is -2.38. The van der Waals surface area contributed by atoms with Crippen LogP contribution in [0.2, 0.25) is 0 Å². The molecule has 84 valence electrons. The number of rotatable bonds is 8. The second-order valence-electron chi connectivity index (χ2n) is 4.41. The molecule has 0 saturated heterocycles. The molecule has 2 nitrogen and oxygen atoms in total. The Bertz CT molecular complexity index is 152. The normalized spacial score (nSPS) is 13.2. The Morgan fingerprint density at radius 1 is 1.43 bits per heavy atom. The summed E-state index contributed by atoms with van der Waals surface area (Å²) in [7, 11) is 4.25. The van der Waals surface area contributed by atoms with Crippen molar-refractivity contribution in [1.29, 1.82) is 0 Å². The van der Waals surface area contributed by atoms with Crippen LogP contribution >= 0.6 is 0 Å². The third-order valence-corrected chi connectivity index (χ3v) is 2.19. The van der Waals surface area contributed by atoms with Gasteiger partial charge in [0.1, 0.15) is 0 Å². The van der Waals surface area contributed by atoms with E-state index in [-0.39, 0.29) is 0 Å². The molecule has 0 aromatic heterocycles. The van der Waals surface area contributed by atoms with E-state index < -0.39 is 0 Å². The number of nitrogens with zero attached hydrogens (tertiary/aromatic N) is 1. The fourth-order valence-corrected chi connectivity index (χ4v) is 1.47. The maximum absolute atomic E-state index is 3.95. The Morgan fingerprint density at radius 2 is 2.07 bits per heavy atom. The lowest BCUT2D eigenvalue weighted by Gasteiger charge is -2.22. The molecule has 2 heteroatoms. The van der Waals surface area contributed by atoms with Crippen molar-refractivity contribution < 1.29 is 0 Å². The summed E-state index contributed by atoms with van der Waals surface area (Å²) in [4.78, 5) is 2.24. The molecule has 0 amide bonds. The van der Waals surface area contributed by atoms with Crippen LogP contribution in [0.3, 0.4) is 0 Å². The zero-order valence-electron chi connectivity index (χ0n) is 10.3. The highest BCUT2D eigenvalue weighted by molar-refractivity contribution is 4.89. The van der Waals surface area contributed by atoms with Gasteiger partial charge in [-0.05, 0) is 46.8 Å². The third kappa shape index (κ3) is 8.27. The first-order valence-corrected chi connectivity index (χ1v) is 5.58. The van der Waals surface area contributed by atoms with Crippen LogP contribution in [0.25, 0.3) is 0 Å². The highest BCUT2D eigenvalue weighted by Crippen LogP contribution is 2.05. The largest absolute Gasteiger partial charge is 0.313 e. The molecule has 0 aliphatic rings. The van der Waals surface area contributed by atoms with Gasteiger partial charge in [-0.15, -0.1) is 6.58 Å². The van der Waals surface area contributed by atoms with E-state index >= 15 is 0 Å². The molecule has 0 aromatic carbocycles. The van der Waals surface area contributed by atoms with Crippen LogP contribution in [0.15, 0.2) is 12.2 Å². The molecular formula is C12H26N2. The fourth-order valence-electron chi connectivity index (χ4n) is 1.47. The quantitative estimate of drug-likeness (QED) is 0.602. The van der Waals surface area contributed by atoms with Crippen LogP contribution in [0.1, 0.15) is 33.1 Å². The predicted octanol–water partition coefficient (Wildman–Crippen LogP) is 2.27. The molecule has 0 aliphatic carbocycles. The Labute approximate surface area is 89.4 Å². The van der Waals surface area contributed by atoms with Crippen LogP contribution < -0.4 is 5.32 Å². The zero-order chi connectivity index (χ0) is 11.0. The molecule has 0 heterocycles. The molecule has 0 aliphatic heterocycles. The smallest absolute Gasteiger partial charge is 0.0197 e. The second kappa shape index (κ2) is 8.01. The van der Waals surface area contributed by atoms with Crippen molar-refractivity contribution in [1.82, 2.24) is 10.2 Å². The molecule has 0 aromatic rings. The first kappa shape index (κ1) is 13.7. The molecule has 0 fully saturated rings. The maximum atomic E-state index is 3.95. The summed E-state index contributed by atoms with van der Waals surface area (Å²) < 4.78 is 0. The number of hydrogen-bond acceptors (Lipinski definition) is 2. The standard InChI is InChI=1S/C12H26N2/c1-6-9-13-12(10-14(4)5)8-7-11(2)3/h12-13H,2,6-10H2,1,3-5H3. The summed E-state index contributed by atoms with van der Waals surface area (Å²) in [5.74, 6) is 0. The Kier molecular flexibility index (Phi) is 7.81. The molecular weight excluding hydrogens is 172 g/mol. The zero-order valence-corrected chi connectivity index (χ0v) is 10.3. The van der Waals surface area contributed by atoms with E-state index in [1.807, 2.05) is 0 Å². The summed E-state index contributed by atoms with van der Waals surface area (Å²) in [5, 5.41) is 3.57. The van der Waals surface area contributed by atoms with E-state index in [1.54, 1.807) is 0 Å². The summed E-state index contributed by atoms with van der Waals surface area (Å²) in [5.41, 5.74) is 1.28. The first-order chi connectivity index (χ1) is 6.56. The Hall–Kier alpha value is -0.340. The molecule has 0 spiro atoms. The third-order valence-electron chi connectivity index (χ3n) is 2.19. The van der Waals surface area contributed by atoms with E-state index in [4.69, 9.17) is 0 Å². The van der Waals surface area contributed by atoms with Crippen LogP contribution in [0.5, 0.6) is 0 Å². The molecule has 0 bridgehead atoms. The van der Waals surface area contributed by atoms with E-state index in [0.717, 1.165) is 19.5 Å². The van der Waals surface area contributed by atoms with Gasteiger partial charge in [-0.25, -0.2) is 0 Å². The number of nitrogens with one attached hydrogen (secondary N) is 1. The highest BCUT2D eigenvalue weighted by Gasteiger charge is 2.08. The van der Waals surface area contributed by atoms with E-state index in [2.05, 4.69) is 44.7 Å². The predicted molar refractivity (Wildman–Crippen MR) is 64.7 cm³/mol. The van der Waals surface area contributed by atoms with Gasteiger partial charge in [0, 0.05) is 12.6 Å². The van der Waals surface area contributed by atoms with Crippen LogP contribution in [0.4, 0.5) is 0 Å². The van der Waals surface area contributed by atoms with Crippen molar-refractivity contribution in [3.05, 3.63) is 12.2 Å². The number of likely N-dealkylation sites (N-methyl/N-ethyl adjacent to an activating group) is 1. The molecule has 14 heavy (non-hydrogen) atoms. The summed E-state index contributed by atoms with van der Waals surface area (Å²) in [6, 6.07) is 0.613. The molecule has 0 rings (SSSR count). The highest BCUT2D eigenvalue weighted by atomic mass is 15.1. The Balaban J connectivity index is 3.77. The number of allylic oxidation sites excluding steroid dienone is 1. The van der Waals surface area contributed by atoms with Crippen molar-refractivity contribution in [3.8, 4) is 0 Å². The molecule has 1 atom stereocenters. The van der Waals surface area contributed by atoms with Gasteiger partial charge in [-0.1, -0.05) is 12.5 Å².